The number of para-hydroxylation sites is 1. The van der Waals surface area contributed by atoms with Crippen molar-refractivity contribution in [2.24, 2.45) is 0 Å². The highest BCUT2D eigenvalue weighted by Gasteiger charge is 2.24. The van der Waals surface area contributed by atoms with E-state index in [0.717, 1.165) is 29.7 Å². The van der Waals surface area contributed by atoms with Gasteiger partial charge in [0.15, 0.2) is 0 Å². The lowest BCUT2D eigenvalue weighted by molar-refractivity contribution is 0.933. The Labute approximate surface area is 293 Å². The number of thiophene rings is 2. The second kappa shape index (κ2) is 11.5. The highest BCUT2D eigenvalue weighted by Crippen LogP contribution is 2.47. The van der Waals surface area contributed by atoms with Gasteiger partial charge < -0.3 is 4.90 Å². The van der Waals surface area contributed by atoms with Gasteiger partial charge in [0.05, 0.1) is 11.4 Å². The van der Waals surface area contributed by atoms with Crippen molar-refractivity contribution in [1.29, 1.82) is 0 Å². The molecule has 0 unspecified atom stereocenters. The Morgan fingerprint density at radius 3 is 2.06 bits per heavy atom. The number of fused-ring (bicyclic) bond motifs is 7. The molecule has 0 N–H and O–H groups in total. The fourth-order valence-electron chi connectivity index (χ4n) is 7.62. The molecule has 0 spiro atoms. The number of hydrogen-bond acceptors (Lipinski definition) is 3. The molecule has 2 heterocycles. The molecule has 230 valence electrons. The van der Waals surface area contributed by atoms with Crippen LogP contribution in [-0.2, 0) is 0 Å². The van der Waals surface area contributed by atoms with E-state index in [1.807, 2.05) is 22.7 Å². The summed E-state index contributed by atoms with van der Waals surface area (Å²) in [5.41, 5.74) is 8.62. The normalized spacial score (nSPS) is 13.2. The summed E-state index contributed by atoms with van der Waals surface area (Å²) in [4.78, 5) is 2.51. The topological polar surface area (TPSA) is 3.24 Å². The molecule has 0 fully saturated rings. The van der Waals surface area contributed by atoms with Gasteiger partial charge in [0, 0.05) is 68.6 Å². The highest BCUT2D eigenvalue weighted by atomic mass is 32.1. The Balaban J connectivity index is 1.18. The molecular weight excluding hydrogens is 631 g/mol. The lowest BCUT2D eigenvalue weighted by atomic mass is 9.92. The summed E-state index contributed by atoms with van der Waals surface area (Å²) in [6, 6.07) is 57.6. The fraction of sp³-hybridized carbons (Fsp3) is 0.0435. The molecule has 0 aliphatic heterocycles. The van der Waals surface area contributed by atoms with E-state index < -0.39 is 0 Å². The zero-order chi connectivity index (χ0) is 32.3. The maximum Gasteiger partial charge on any atom is 0.0543 e. The smallest absolute Gasteiger partial charge is 0.0543 e. The Morgan fingerprint density at radius 1 is 0.510 bits per heavy atom. The van der Waals surface area contributed by atoms with Crippen LogP contribution in [0.25, 0.3) is 67.8 Å². The molecule has 9 aromatic rings. The van der Waals surface area contributed by atoms with Gasteiger partial charge in [0.2, 0.25) is 0 Å². The first-order chi connectivity index (χ1) is 24.3. The van der Waals surface area contributed by atoms with Crippen LogP contribution >= 0.6 is 22.7 Å². The minimum absolute atomic E-state index is 0.923. The Bertz CT molecular complexity index is 2790. The summed E-state index contributed by atoms with van der Waals surface area (Å²) in [7, 11) is 0. The Hall–Kier alpha value is -5.66. The van der Waals surface area contributed by atoms with Crippen LogP contribution in [0.15, 0.2) is 157 Å². The lowest BCUT2D eigenvalue weighted by Crippen LogP contribution is -2.19. The van der Waals surface area contributed by atoms with Crippen LogP contribution in [0.3, 0.4) is 0 Å². The van der Waals surface area contributed by atoms with E-state index in [1.165, 1.54) is 73.6 Å². The zero-order valence-electron chi connectivity index (χ0n) is 26.6. The first-order valence-electron chi connectivity index (χ1n) is 16.7. The number of allylic oxidation sites excluding steroid dienone is 4. The second-order valence-electron chi connectivity index (χ2n) is 12.6. The summed E-state index contributed by atoms with van der Waals surface area (Å²) in [6.45, 7) is 0. The summed E-state index contributed by atoms with van der Waals surface area (Å²) in [5.74, 6) is 0. The molecule has 0 saturated carbocycles. The fourth-order valence-corrected chi connectivity index (χ4v) is 9.97. The van der Waals surface area contributed by atoms with Crippen molar-refractivity contribution in [2.75, 3.05) is 4.90 Å². The summed E-state index contributed by atoms with van der Waals surface area (Å²) in [6.07, 6.45) is 6.62. The number of nitrogens with zero attached hydrogens (tertiary/aromatic N) is 1. The van der Waals surface area contributed by atoms with E-state index in [1.54, 1.807) is 0 Å². The minimum Gasteiger partial charge on any atom is -0.313 e. The molecule has 10 rings (SSSR count). The molecular formula is C46H29NS2. The van der Waals surface area contributed by atoms with E-state index in [4.69, 9.17) is 0 Å². The van der Waals surface area contributed by atoms with Crippen molar-refractivity contribution in [1.82, 2.24) is 0 Å². The lowest BCUT2D eigenvalue weighted by Gasteiger charge is -2.32. The molecule has 3 heteroatoms. The van der Waals surface area contributed by atoms with Gasteiger partial charge in [-0.3, -0.25) is 0 Å². The third-order valence-corrected chi connectivity index (χ3v) is 12.2. The SMILES string of the molecule is c1cc2sc3ccccc3c2c(-c2ccccc2N(C2=CC=C(c3cccc4c3sc3ccccc34)CC2)c2cccc3ccccc23)c#1. The van der Waals surface area contributed by atoms with Crippen molar-refractivity contribution in [2.45, 2.75) is 12.8 Å². The molecule has 1 aliphatic carbocycles. The summed E-state index contributed by atoms with van der Waals surface area (Å²) in [5, 5.41) is 7.69. The predicted molar refractivity (Wildman–Crippen MR) is 213 cm³/mol. The number of anilines is 2. The van der Waals surface area contributed by atoms with Crippen molar-refractivity contribution in [3.8, 4) is 11.1 Å². The van der Waals surface area contributed by atoms with Gasteiger partial charge in [-0.05, 0) is 59.7 Å². The van der Waals surface area contributed by atoms with Gasteiger partial charge in [-0.25, -0.2) is 0 Å². The van der Waals surface area contributed by atoms with E-state index in [-0.39, 0.29) is 0 Å². The molecule has 1 aliphatic rings. The Morgan fingerprint density at radius 2 is 1.18 bits per heavy atom. The quantitative estimate of drug-likeness (QED) is 0.178. The monoisotopic (exact) mass is 659 g/mol. The standard InChI is InChI=1S/C46H29NS2/c1-2-14-33-30(12-1)13-9-22-40(33)47(32-28-26-31(27-29-32)34-18-10-20-38-36-16-4-7-23-42(36)49-46(34)38)41-21-6-3-15-35(41)37-19-11-25-44-45(37)39-17-5-8-24-43(39)48-44/h1-10,12-18,20-26,28H,27,29H2. The van der Waals surface area contributed by atoms with Gasteiger partial charge in [-0.2, -0.15) is 0 Å². The highest BCUT2D eigenvalue weighted by molar-refractivity contribution is 7.26. The Kier molecular flexibility index (Phi) is 6.65. The molecule has 0 saturated heterocycles. The van der Waals surface area contributed by atoms with Gasteiger partial charge in [0.1, 0.15) is 0 Å². The first kappa shape index (κ1) is 28.4. The molecule has 49 heavy (non-hydrogen) atoms. The number of rotatable bonds is 5. The molecule has 0 bridgehead atoms. The molecule has 7 aromatic carbocycles. The molecule has 1 nitrogen and oxygen atoms in total. The molecule has 0 atom stereocenters. The van der Waals surface area contributed by atoms with Crippen LogP contribution in [0.1, 0.15) is 18.4 Å². The van der Waals surface area contributed by atoms with Gasteiger partial charge in [-0.15, -0.1) is 22.7 Å². The van der Waals surface area contributed by atoms with Crippen LogP contribution in [0.2, 0.25) is 0 Å². The van der Waals surface area contributed by atoms with E-state index >= 15 is 0 Å². The van der Waals surface area contributed by atoms with Crippen molar-refractivity contribution in [3.63, 3.8) is 0 Å². The minimum atomic E-state index is 0.923. The average Bonchev–Trinajstić information content (AvgIpc) is 3.74. The maximum atomic E-state index is 3.57. The van der Waals surface area contributed by atoms with E-state index in [0.29, 0.717) is 0 Å². The molecule has 0 radical (unpaired) electrons. The van der Waals surface area contributed by atoms with E-state index in [9.17, 15) is 0 Å². The van der Waals surface area contributed by atoms with Crippen LogP contribution in [0.5, 0.6) is 0 Å². The van der Waals surface area contributed by atoms with Crippen molar-refractivity contribution < 1.29 is 0 Å². The number of benzene rings is 6. The van der Waals surface area contributed by atoms with Crippen molar-refractivity contribution in [3.05, 3.63) is 175 Å². The average molecular weight is 660 g/mol. The van der Waals surface area contributed by atoms with Gasteiger partial charge in [0.25, 0.3) is 0 Å². The van der Waals surface area contributed by atoms with Crippen LogP contribution in [0.4, 0.5) is 11.4 Å². The third-order valence-electron chi connectivity index (χ3n) is 9.86. The number of hydrogen-bond donors (Lipinski definition) is 0. The van der Waals surface area contributed by atoms with Crippen LogP contribution in [0, 0.1) is 12.1 Å². The summed E-state index contributed by atoms with van der Waals surface area (Å²) < 4.78 is 5.25. The third kappa shape index (κ3) is 4.60. The van der Waals surface area contributed by atoms with Crippen molar-refractivity contribution >= 4 is 90.7 Å². The second-order valence-corrected chi connectivity index (χ2v) is 14.7. The van der Waals surface area contributed by atoms with Gasteiger partial charge in [-0.1, -0.05) is 127 Å². The maximum absolute atomic E-state index is 3.57. The first-order valence-corrected chi connectivity index (χ1v) is 18.4. The molecule has 0 amide bonds. The van der Waals surface area contributed by atoms with Crippen LogP contribution < -0.4 is 4.90 Å². The largest absolute Gasteiger partial charge is 0.313 e. The zero-order valence-corrected chi connectivity index (χ0v) is 28.2. The predicted octanol–water partition coefficient (Wildman–Crippen LogP) is 13.7. The molecule has 2 aromatic heterocycles. The van der Waals surface area contributed by atoms with E-state index in [2.05, 4.69) is 169 Å². The summed E-state index contributed by atoms with van der Waals surface area (Å²) >= 11 is 3.74. The van der Waals surface area contributed by atoms with Crippen LogP contribution in [-0.4, -0.2) is 0 Å². The van der Waals surface area contributed by atoms with Gasteiger partial charge >= 0.3 is 0 Å².